The highest BCUT2D eigenvalue weighted by molar-refractivity contribution is 6.77. The van der Waals surface area contributed by atoms with E-state index in [1.54, 1.807) is 0 Å². The van der Waals surface area contributed by atoms with Gasteiger partial charge >= 0.3 is 0 Å². The zero-order valence-electron chi connectivity index (χ0n) is 10.8. The van der Waals surface area contributed by atoms with Crippen molar-refractivity contribution in [2.75, 3.05) is 0 Å². The summed E-state index contributed by atoms with van der Waals surface area (Å²) in [6.07, 6.45) is 10.2. The summed E-state index contributed by atoms with van der Waals surface area (Å²) < 4.78 is 6.18. The summed E-state index contributed by atoms with van der Waals surface area (Å²) in [7, 11) is -2.15. The van der Waals surface area contributed by atoms with Crippen LogP contribution in [0.5, 0.6) is 0 Å². The van der Waals surface area contributed by atoms with Crippen LogP contribution in [0.25, 0.3) is 0 Å². The second kappa shape index (κ2) is 6.01. The van der Waals surface area contributed by atoms with E-state index in [-0.39, 0.29) is 0 Å². The Bertz CT molecular complexity index is 212. The van der Waals surface area contributed by atoms with Gasteiger partial charge in [0.15, 0.2) is 17.4 Å². The fraction of sp³-hybridized carbons (Fsp3) is 0.833. The van der Waals surface area contributed by atoms with Gasteiger partial charge in [0.25, 0.3) is 0 Å². The smallest absolute Gasteiger partial charge is 0.173 e. The molecule has 1 nitrogen and oxygen atoms in total. The average molecular weight is 243 g/mol. The third-order valence-corrected chi connectivity index (χ3v) is 8.96. The molecular weight excluding hydrogens is 216 g/mol. The van der Waals surface area contributed by atoms with E-state index in [0.717, 1.165) is 5.92 Å². The van der Waals surface area contributed by atoms with Gasteiger partial charge in [0.05, 0.1) is 0 Å². The Balaban J connectivity index is 2.28. The summed E-state index contributed by atoms with van der Waals surface area (Å²) in [6.45, 7) is 9.34. The van der Waals surface area contributed by atoms with Crippen molar-refractivity contribution in [2.45, 2.75) is 57.9 Å². The molecule has 0 radical (unpaired) electrons. The molecule has 0 amide bonds. The summed E-state index contributed by atoms with van der Waals surface area (Å²) in [5.74, 6) is 0.850. The molecule has 0 N–H and O–H groups in total. The van der Waals surface area contributed by atoms with Crippen molar-refractivity contribution in [3.63, 3.8) is 0 Å². The molecule has 0 saturated carbocycles. The molecule has 0 spiro atoms. The lowest BCUT2D eigenvalue weighted by atomic mass is 9.94. The van der Waals surface area contributed by atoms with Gasteiger partial charge in [-0.25, -0.2) is 0 Å². The van der Waals surface area contributed by atoms with Crippen LogP contribution in [0.3, 0.4) is 0 Å². The van der Waals surface area contributed by atoms with Crippen LogP contribution in [0.1, 0.15) is 25.7 Å². The first-order valence-electron chi connectivity index (χ1n) is 6.34. The second-order valence-electron chi connectivity index (χ2n) is 5.58. The minimum Gasteiger partial charge on any atom is -0.458 e. The third-order valence-electron chi connectivity index (χ3n) is 3.03. The minimum absolute atomic E-state index is 0.826. The molecular formula is C12H26OSi2. The van der Waals surface area contributed by atoms with Crippen molar-refractivity contribution >= 4 is 17.4 Å². The van der Waals surface area contributed by atoms with Gasteiger partial charge in [0.1, 0.15) is 0 Å². The Morgan fingerprint density at radius 3 is 2.67 bits per heavy atom. The Labute approximate surface area is 97.8 Å². The van der Waals surface area contributed by atoms with Crippen LogP contribution in [0.15, 0.2) is 12.2 Å². The predicted octanol–water partition coefficient (Wildman–Crippen LogP) is 3.94. The highest BCUT2D eigenvalue weighted by Gasteiger charge is 2.24. The molecule has 0 aromatic rings. The first-order chi connectivity index (χ1) is 6.99. The van der Waals surface area contributed by atoms with Crippen molar-refractivity contribution < 1.29 is 4.12 Å². The molecule has 1 aliphatic rings. The van der Waals surface area contributed by atoms with E-state index >= 15 is 0 Å². The summed E-state index contributed by atoms with van der Waals surface area (Å²) in [5.41, 5.74) is 0. The maximum absolute atomic E-state index is 6.18. The van der Waals surface area contributed by atoms with Gasteiger partial charge in [-0.1, -0.05) is 12.2 Å². The zero-order valence-corrected chi connectivity index (χ0v) is 12.9. The van der Waals surface area contributed by atoms with Crippen LogP contribution < -0.4 is 0 Å². The first-order valence-corrected chi connectivity index (χ1v) is 12.2. The van der Waals surface area contributed by atoms with E-state index in [2.05, 4.69) is 38.3 Å². The Morgan fingerprint density at radius 2 is 2.13 bits per heavy atom. The molecule has 1 atom stereocenters. The van der Waals surface area contributed by atoms with Gasteiger partial charge in [-0.2, -0.15) is 0 Å². The van der Waals surface area contributed by atoms with Crippen LogP contribution >= 0.6 is 0 Å². The standard InChI is InChI=1S/C12H26OSi2/c1-14(2)13-15(3,4)11-10-12-8-6-5-7-9-12/h6,8,12,14H,5,7,9-11H2,1-4H3. The van der Waals surface area contributed by atoms with E-state index in [0.29, 0.717) is 0 Å². The predicted molar refractivity (Wildman–Crippen MR) is 73.3 cm³/mol. The minimum atomic E-state index is -1.32. The molecule has 1 rings (SSSR count). The molecule has 0 aliphatic heterocycles. The highest BCUT2D eigenvalue weighted by atomic mass is 28.4. The van der Waals surface area contributed by atoms with E-state index in [1.165, 1.54) is 31.7 Å². The normalized spacial score (nSPS) is 22.3. The van der Waals surface area contributed by atoms with Gasteiger partial charge in [-0.05, 0) is 63.8 Å². The number of hydrogen-bond donors (Lipinski definition) is 0. The van der Waals surface area contributed by atoms with E-state index in [1.807, 2.05) is 0 Å². The summed E-state index contributed by atoms with van der Waals surface area (Å²) in [5, 5.41) is 0. The number of allylic oxidation sites excluding steroid dienone is 2. The first kappa shape index (κ1) is 13.2. The van der Waals surface area contributed by atoms with Crippen molar-refractivity contribution in [3.8, 4) is 0 Å². The summed E-state index contributed by atoms with van der Waals surface area (Å²) >= 11 is 0. The van der Waals surface area contributed by atoms with Gasteiger partial charge < -0.3 is 4.12 Å². The Morgan fingerprint density at radius 1 is 1.40 bits per heavy atom. The van der Waals surface area contributed by atoms with Crippen LogP contribution in [0, 0.1) is 5.92 Å². The van der Waals surface area contributed by atoms with Crippen LogP contribution in [0.4, 0.5) is 0 Å². The lowest BCUT2D eigenvalue weighted by Crippen LogP contribution is -2.35. The molecule has 3 heteroatoms. The Kier molecular flexibility index (Phi) is 5.29. The van der Waals surface area contributed by atoms with Crippen molar-refractivity contribution in [2.24, 2.45) is 5.92 Å². The summed E-state index contributed by atoms with van der Waals surface area (Å²) in [4.78, 5) is 0. The molecule has 1 unspecified atom stereocenters. The van der Waals surface area contributed by atoms with Crippen molar-refractivity contribution in [3.05, 3.63) is 12.2 Å². The third kappa shape index (κ3) is 5.68. The SMILES string of the molecule is C[SiH](C)O[Si](C)(C)CCC1C=CCCC1. The van der Waals surface area contributed by atoms with E-state index < -0.39 is 17.4 Å². The maximum atomic E-state index is 6.18. The van der Waals surface area contributed by atoms with Gasteiger partial charge in [-0.3, -0.25) is 0 Å². The lowest BCUT2D eigenvalue weighted by molar-refractivity contribution is 0.502. The number of rotatable bonds is 5. The monoisotopic (exact) mass is 242 g/mol. The Hall–Kier alpha value is 0.134. The molecule has 0 fully saturated rings. The molecule has 0 aromatic carbocycles. The fourth-order valence-corrected chi connectivity index (χ4v) is 9.00. The van der Waals surface area contributed by atoms with Gasteiger partial charge in [0, 0.05) is 0 Å². The highest BCUT2D eigenvalue weighted by Crippen LogP contribution is 2.25. The molecule has 0 bridgehead atoms. The molecule has 15 heavy (non-hydrogen) atoms. The quantitative estimate of drug-likeness (QED) is 0.524. The fourth-order valence-electron chi connectivity index (χ4n) is 2.35. The topological polar surface area (TPSA) is 9.23 Å². The van der Waals surface area contributed by atoms with E-state index in [4.69, 9.17) is 4.12 Å². The van der Waals surface area contributed by atoms with Gasteiger partial charge in [-0.15, -0.1) is 0 Å². The molecule has 0 heterocycles. The zero-order chi connectivity index (χ0) is 11.3. The lowest BCUT2D eigenvalue weighted by Gasteiger charge is -2.27. The number of hydrogen-bond acceptors (Lipinski definition) is 1. The van der Waals surface area contributed by atoms with E-state index in [9.17, 15) is 0 Å². The molecule has 88 valence electrons. The molecule has 0 saturated heterocycles. The largest absolute Gasteiger partial charge is 0.458 e. The van der Waals surface area contributed by atoms with Gasteiger partial charge in [0.2, 0.25) is 0 Å². The molecule has 1 aliphatic carbocycles. The average Bonchev–Trinajstić information content (AvgIpc) is 2.15. The van der Waals surface area contributed by atoms with Crippen molar-refractivity contribution in [1.82, 2.24) is 0 Å². The van der Waals surface area contributed by atoms with Crippen molar-refractivity contribution in [1.29, 1.82) is 0 Å². The van der Waals surface area contributed by atoms with Crippen LogP contribution in [-0.2, 0) is 4.12 Å². The summed E-state index contributed by atoms with van der Waals surface area (Å²) in [6, 6.07) is 1.34. The molecule has 0 aromatic heterocycles. The van der Waals surface area contributed by atoms with Crippen LogP contribution in [0.2, 0.25) is 32.2 Å². The van der Waals surface area contributed by atoms with Crippen LogP contribution in [-0.4, -0.2) is 17.4 Å². The maximum Gasteiger partial charge on any atom is 0.173 e. The second-order valence-corrected chi connectivity index (χ2v) is 12.6.